The van der Waals surface area contributed by atoms with Gasteiger partial charge in [-0.15, -0.1) is 0 Å². The van der Waals surface area contributed by atoms with Crippen LogP contribution in [-0.2, 0) is 9.47 Å². The third kappa shape index (κ3) is 10.9. The van der Waals surface area contributed by atoms with Crippen LogP contribution in [0.5, 0.6) is 0 Å². The lowest BCUT2D eigenvalue weighted by Crippen LogP contribution is -2.35. The molecule has 0 bridgehead atoms. The molecule has 2 atom stereocenters. The molecule has 0 aromatic heterocycles. The van der Waals surface area contributed by atoms with E-state index >= 15 is 0 Å². The molecule has 0 spiro atoms. The van der Waals surface area contributed by atoms with Crippen LogP contribution < -0.4 is 0 Å². The van der Waals surface area contributed by atoms with E-state index in [1.54, 1.807) is 0 Å². The SMILES string of the molecule is CCCOC(CSSCC(OCCC)[SiH](CC)CC)[SiH](CC)CC. The van der Waals surface area contributed by atoms with E-state index in [0.29, 0.717) is 11.5 Å². The van der Waals surface area contributed by atoms with Gasteiger partial charge in [0.1, 0.15) is 0 Å². The van der Waals surface area contributed by atoms with Crippen LogP contribution in [0.2, 0.25) is 24.2 Å². The number of hydrogen-bond acceptors (Lipinski definition) is 4. The van der Waals surface area contributed by atoms with Crippen molar-refractivity contribution in [2.24, 2.45) is 0 Å². The Kier molecular flexibility index (Phi) is 18.2. The molecule has 6 heteroatoms. The Labute approximate surface area is 163 Å². The first-order chi connectivity index (χ1) is 11.7. The van der Waals surface area contributed by atoms with Gasteiger partial charge in [0.15, 0.2) is 0 Å². The topological polar surface area (TPSA) is 18.5 Å². The molecular formula is C18H42O2S2Si2. The van der Waals surface area contributed by atoms with Crippen molar-refractivity contribution in [3.63, 3.8) is 0 Å². The van der Waals surface area contributed by atoms with Crippen molar-refractivity contribution in [1.29, 1.82) is 0 Å². The zero-order chi connectivity index (χ0) is 18.2. The van der Waals surface area contributed by atoms with E-state index in [1.165, 1.54) is 35.7 Å². The molecule has 0 amide bonds. The van der Waals surface area contributed by atoms with E-state index in [0.717, 1.165) is 26.1 Å². The lowest BCUT2D eigenvalue weighted by molar-refractivity contribution is 0.116. The highest BCUT2D eigenvalue weighted by molar-refractivity contribution is 8.76. The van der Waals surface area contributed by atoms with Crippen LogP contribution in [0.3, 0.4) is 0 Å². The number of ether oxygens (including phenoxy) is 2. The van der Waals surface area contributed by atoms with Crippen molar-refractivity contribution < 1.29 is 9.47 Å². The summed E-state index contributed by atoms with van der Waals surface area (Å²) in [6.45, 7) is 15.7. The highest BCUT2D eigenvalue weighted by atomic mass is 33.1. The largest absolute Gasteiger partial charge is 0.381 e. The Hall–Kier alpha value is 1.05. The minimum atomic E-state index is -0.735. The molecule has 0 saturated carbocycles. The van der Waals surface area contributed by atoms with Gasteiger partial charge in [-0.3, -0.25) is 0 Å². The van der Waals surface area contributed by atoms with Gasteiger partial charge in [-0.25, -0.2) is 0 Å². The maximum Gasteiger partial charge on any atom is 0.0723 e. The molecule has 0 radical (unpaired) electrons. The molecule has 0 heterocycles. The first-order valence-electron chi connectivity index (χ1n) is 10.2. The molecule has 0 saturated heterocycles. The van der Waals surface area contributed by atoms with E-state index in [4.69, 9.17) is 9.47 Å². The van der Waals surface area contributed by atoms with Gasteiger partial charge < -0.3 is 9.47 Å². The molecule has 2 unspecified atom stereocenters. The van der Waals surface area contributed by atoms with E-state index in [2.05, 4.69) is 41.5 Å². The van der Waals surface area contributed by atoms with E-state index in [9.17, 15) is 0 Å². The van der Waals surface area contributed by atoms with Crippen LogP contribution >= 0.6 is 21.6 Å². The molecule has 0 aliphatic rings. The molecule has 0 aromatic rings. The van der Waals surface area contributed by atoms with Crippen LogP contribution in [0.4, 0.5) is 0 Å². The van der Waals surface area contributed by atoms with Crippen LogP contribution in [-0.4, -0.2) is 53.8 Å². The lowest BCUT2D eigenvalue weighted by Gasteiger charge is -2.26. The lowest BCUT2D eigenvalue weighted by atomic mass is 10.5. The molecule has 0 rings (SSSR count). The Morgan fingerprint density at radius 2 is 0.958 bits per heavy atom. The van der Waals surface area contributed by atoms with Crippen LogP contribution in [0.1, 0.15) is 54.4 Å². The second-order valence-electron chi connectivity index (χ2n) is 6.54. The normalized spacial score (nSPS) is 14.5. The molecule has 0 aliphatic carbocycles. The van der Waals surface area contributed by atoms with Gasteiger partial charge in [0.05, 0.1) is 29.0 Å². The second-order valence-corrected chi connectivity index (χ2v) is 16.9. The van der Waals surface area contributed by atoms with Gasteiger partial charge in [0, 0.05) is 24.7 Å². The molecule has 146 valence electrons. The standard InChI is InChI=1S/C18H42O2S2Si2/c1-7-13-19-17(23(9-3)10-4)15-21-22-16-18(20-14-8-2)24(11-5)12-6/h17-18,23-24H,7-16H2,1-6H3. The van der Waals surface area contributed by atoms with Gasteiger partial charge in [-0.1, -0.05) is 87.3 Å². The van der Waals surface area contributed by atoms with Crippen molar-refractivity contribution in [1.82, 2.24) is 0 Å². The Balaban J connectivity index is 4.33. The molecule has 24 heavy (non-hydrogen) atoms. The first-order valence-corrected chi connectivity index (χ1v) is 17.2. The third-order valence-electron chi connectivity index (χ3n) is 4.77. The van der Waals surface area contributed by atoms with Crippen LogP contribution in [0.15, 0.2) is 0 Å². The van der Waals surface area contributed by atoms with E-state index < -0.39 is 17.6 Å². The zero-order valence-corrected chi connectivity index (χ0v) is 21.0. The fourth-order valence-electron chi connectivity index (χ4n) is 3.04. The quantitative estimate of drug-likeness (QED) is 0.177. The fourth-order valence-corrected chi connectivity index (χ4v) is 12.7. The average Bonchev–Trinajstić information content (AvgIpc) is 2.61. The maximum atomic E-state index is 6.20. The summed E-state index contributed by atoms with van der Waals surface area (Å²) in [5, 5.41) is 0. The molecule has 0 aromatic carbocycles. The van der Waals surface area contributed by atoms with Crippen molar-refractivity contribution in [3.8, 4) is 0 Å². The van der Waals surface area contributed by atoms with Crippen molar-refractivity contribution in [3.05, 3.63) is 0 Å². The van der Waals surface area contributed by atoms with E-state index in [1.807, 2.05) is 21.6 Å². The molecule has 0 aliphatic heterocycles. The predicted molar refractivity (Wildman–Crippen MR) is 121 cm³/mol. The summed E-state index contributed by atoms with van der Waals surface area (Å²) in [6, 6.07) is 5.44. The minimum absolute atomic E-state index is 0.554. The smallest absolute Gasteiger partial charge is 0.0723 e. The fraction of sp³-hybridized carbons (Fsp3) is 1.00. The summed E-state index contributed by atoms with van der Waals surface area (Å²) in [7, 11) is 2.61. The zero-order valence-electron chi connectivity index (χ0n) is 17.0. The molecule has 0 fully saturated rings. The van der Waals surface area contributed by atoms with Gasteiger partial charge in [-0.2, -0.15) is 0 Å². The summed E-state index contributed by atoms with van der Waals surface area (Å²) in [5.41, 5.74) is 1.11. The summed E-state index contributed by atoms with van der Waals surface area (Å²) in [4.78, 5) is 0. The Morgan fingerprint density at radius 1 is 0.625 bits per heavy atom. The second kappa shape index (κ2) is 17.5. The van der Waals surface area contributed by atoms with Crippen LogP contribution in [0, 0.1) is 0 Å². The van der Waals surface area contributed by atoms with E-state index in [-0.39, 0.29) is 0 Å². The van der Waals surface area contributed by atoms with Crippen molar-refractivity contribution in [2.75, 3.05) is 24.7 Å². The summed E-state index contributed by atoms with van der Waals surface area (Å²) >= 11 is 0. The summed E-state index contributed by atoms with van der Waals surface area (Å²) in [6.07, 6.45) is 2.27. The van der Waals surface area contributed by atoms with Crippen LogP contribution in [0.25, 0.3) is 0 Å². The van der Waals surface area contributed by atoms with Gasteiger partial charge >= 0.3 is 0 Å². The number of rotatable bonds is 17. The summed E-state index contributed by atoms with van der Waals surface area (Å²) in [5.74, 6) is 2.35. The molecule has 0 N–H and O–H groups in total. The first kappa shape index (κ1) is 25.1. The predicted octanol–water partition coefficient (Wildman–Crippen LogP) is 5.57. The summed E-state index contributed by atoms with van der Waals surface area (Å²) < 4.78 is 12.4. The Morgan fingerprint density at radius 3 is 1.21 bits per heavy atom. The maximum absolute atomic E-state index is 6.20. The minimum Gasteiger partial charge on any atom is -0.381 e. The Bertz CT molecular complexity index is 239. The van der Waals surface area contributed by atoms with Crippen molar-refractivity contribution in [2.45, 2.75) is 90.0 Å². The highest BCUT2D eigenvalue weighted by Crippen LogP contribution is 2.28. The average molecular weight is 411 g/mol. The van der Waals surface area contributed by atoms with Gasteiger partial charge in [-0.05, 0) is 12.8 Å². The number of hydrogen-bond donors (Lipinski definition) is 0. The molecule has 2 nitrogen and oxygen atoms in total. The van der Waals surface area contributed by atoms with Gasteiger partial charge in [0.25, 0.3) is 0 Å². The molecular weight excluding hydrogens is 369 g/mol. The third-order valence-corrected chi connectivity index (χ3v) is 15.0. The van der Waals surface area contributed by atoms with Gasteiger partial charge in [0.2, 0.25) is 0 Å². The highest BCUT2D eigenvalue weighted by Gasteiger charge is 2.23. The monoisotopic (exact) mass is 410 g/mol. The van der Waals surface area contributed by atoms with Crippen molar-refractivity contribution >= 4 is 39.2 Å².